The van der Waals surface area contributed by atoms with E-state index in [4.69, 9.17) is 112 Å². The Morgan fingerprint density at radius 2 is 0.832 bits per heavy atom. The number of carbonyl (C=O) groups is 6. The second-order valence-corrected chi connectivity index (χ2v) is 34.6. The Morgan fingerprint density at radius 3 is 1.15 bits per heavy atom. The summed E-state index contributed by atoms with van der Waals surface area (Å²) in [6, 6.07) is 30.2. The lowest BCUT2D eigenvalue weighted by Gasteiger charge is -2.31. The van der Waals surface area contributed by atoms with E-state index in [1.54, 1.807) is 115 Å². The molecule has 626 valence electrons. The van der Waals surface area contributed by atoms with Crippen LogP contribution in [0.5, 0.6) is 0 Å². The third kappa shape index (κ3) is 19.3. The molecule has 0 radical (unpaired) electrons. The number of piperidine rings is 3. The highest BCUT2D eigenvalue weighted by Gasteiger charge is 2.54. The van der Waals surface area contributed by atoms with Gasteiger partial charge in [-0.2, -0.15) is 0 Å². The predicted octanol–water partition coefficient (Wildman–Crippen LogP) is 20.7. The molecule has 9 atom stereocenters. The van der Waals surface area contributed by atoms with Crippen molar-refractivity contribution in [3.05, 3.63) is 212 Å². The maximum absolute atomic E-state index is 14.9. The van der Waals surface area contributed by atoms with Gasteiger partial charge in [-0.05, 0) is 200 Å². The number of rotatable bonds is 28. The Kier molecular flexibility index (Phi) is 27.0. The molecule has 3 amide bonds. The molecular formula is C88H84BrCl6F3N6O15. The molecule has 6 aliphatic carbocycles. The number of esters is 2. The summed E-state index contributed by atoms with van der Waals surface area (Å²) in [7, 11) is 0. The average molecular weight is 1820 g/mol. The highest BCUT2D eigenvalue weighted by molar-refractivity contribution is 9.10. The summed E-state index contributed by atoms with van der Waals surface area (Å²) in [4.78, 5) is 75.4. The van der Waals surface area contributed by atoms with Crippen molar-refractivity contribution < 1.29 is 84.3 Å². The molecule has 3 aliphatic heterocycles. The third-order valence-corrected chi connectivity index (χ3v) is 25.7. The van der Waals surface area contributed by atoms with Gasteiger partial charge in [0.1, 0.15) is 51.8 Å². The van der Waals surface area contributed by atoms with Crippen LogP contribution in [0.1, 0.15) is 179 Å². The quantitative estimate of drug-likeness (QED) is 0.0432. The number of halogens is 10. The van der Waals surface area contributed by atoms with Crippen molar-refractivity contribution in [3.8, 4) is 33.8 Å². The number of nitrogens with one attached hydrogen (secondary N) is 1. The SMILES string of the molecule is CCOC(=O)CCc1ccc(Br)cc1F.CCOC(=O)CCc1ccc(N2C(=O)[C@@H]3C[C@H]2C[C@H]3OCc2c(-c3c(Cl)cccc3Cl)noc2C2CC2)cc1F.O=C(O)CCc1ccc(N2C(=O)[C@@H]3C[C@H]2C[C@H]3OCc2c(-c3c(Cl)cccc3Cl)noc2C2CC2)cc1F.O=C1N[C@@H]2C[C@@H](OCc3c(-c4c(Cl)cccc4Cl)noc3C3CC3)[C@H]1C2. The van der Waals surface area contributed by atoms with E-state index in [9.17, 15) is 41.9 Å². The Balaban J connectivity index is 0.000000130. The summed E-state index contributed by atoms with van der Waals surface area (Å²) in [5.41, 5.74) is 8.53. The molecule has 3 saturated heterocycles. The number of carboxylic acids is 1. The van der Waals surface area contributed by atoms with Gasteiger partial charge in [-0.1, -0.05) is 137 Å². The number of aliphatic carboxylic acids is 1. The van der Waals surface area contributed by atoms with Crippen LogP contribution >= 0.6 is 85.5 Å². The van der Waals surface area contributed by atoms with Gasteiger partial charge < -0.3 is 57.5 Å². The molecule has 9 aromatic rings. The van der Waals surface area contributed by atoms with Crippen LogP contribution in [0, 0.1) is 35.2 Å². The minimum Gasteiger partial charge on any atom is -0.481 e. The molecule has 18 rings (SSSR count). The lowest BCUT2D eigenvalue weighted by atomic mass is 10.0. The molecule has 6 bridgehead atoms. The van der Waals surface area contributed by atoms with Gasteiger partial charge in [0.2, 0.25) is 17.7 Å². The van der Waals surface area contributed by atoms with Crippen LogP contribution in [0.2, 0.25) is 30.1 Å². The summed E-state index contributed by atoms with van der Waals surface area (Å²) in [5, 5.41) is 27.7. The number of hydrogen-bond donors (Lipinski definition) is 2. The molecule has 6 heterocycles. The first kappa shape index (κ1) is 85.6. The monoisotopic (exact) mass is 1810 g/mol. The molecule has 6 aromatic carbocycles. The summed E-state index contributed by atoms with van der Waals surface area (Å²) < 4.78 is 89.1. The van der Waals surface area contributed by atoms with Crippen molar-refractivity contribution in [2.24, 2.45) is 17.8 Å². The highest BCUT2D eigenvalue weighted by atomic mass is 79.9. The Hall–Kier alpha value is -8.34. The molecular weight excluding hydrogens is 1730 g/mol. The van der Waals surface area contributed by atoms with E-state index >= 15 is 0 Å². The number of hydrogen-bond acceptors (Lipinski definition) is 17. The van der Waals surface area contributed by atoms with E-state index in [1.165, 1.54) is 18.2 Å². The van der Waals surface area contributed by atoms with Crippen LogP contribution in [0.25, 0.3) is 33.8 Å². The smallest absolute Gasteiger partial charge is 0.306 e. The van der Waals surface area contributed by atoms with Crippen molar-refractivity contribution in [1.82, 2.24) is 20.8 Å². The second kappa shape index (κ2) is 37.6. The second-order valence-electron chi connectivity index (χ2n) is 31.2. The van der Waals surface area contributed by atoms with E-state index in [1.807, 2.05) is 0 Å². The van der Waals surface area contributed by atoms with Gasteiger partial charge in [-0.15, -0.1) is 0 Å². The number of nitrogens with zero attached hydrogens (tertiary/aromatic N) is 5. The average Bonchev–Trinajstić information content (AvgIpc) is 1.60. The van der Waals surface area contributed by atoms with Crippen LogP contribution in [0.15, 0.2) is 127 Å². The van der Waals surface area contributed by atoms with Crippen molar-refractivity contribution >= 4 is 133 Å². The van der Waals surface area contributed by atoms with Gasteiger partial charge in [0.15, 0.2) is 0 Å². The zero-order chi connectivity index (χ0) is 83.6. The van der Waals surface area contributed by atoms with Crippen molar-refractivity contribution in [2.75, 3.05) is 23.0 Å². The number of amides is 3. The Labute approximate surface area is 722 Å². The number of carboxylic acid groups (broad SMARTS) is 1. The summed E-state index contributed by atoms with van der Waals surface area (Å²) in [6.45, 7) is 4.95. The van der Waals surface area contributed by atoms with E-state index in [0.29, 0.717) is 166 Å². The molecule has 119 heavy (non-hydrogen) atoms. The van der Waals surface area contributed by atoms with E-state index in [0.717, 1.165) is 85.3 Å². The highest BCUT2D eigenvalue weighted by Crippen LogP contribution is 2.52. The van der Waals surface area contributed by atoms with Crippen LogP contribution in [0.3, 0.4) is 0 Å². The van der Waals surface area contributed by atoms with Gasteiger partial charge in [0.05, 0.1) is 99.2 Å². The molecule has 6 saturated carbocycles. The van der Waals surface area contributed by atoms with Gasteiger partial charge in [0.25, 0.3) is 0 Å². The van der Waals surface area contributed by atoms with Crippen LogP contribution in [-0.4, -0.2) is 106 Å². The predicted molar refractivity (Wildman–Crippen MR) is 443 cm³/mol. The third-order valence-electron chi connectivity index (χ3n) is 23.3. The minimum atomic E-state index is -0.982. The molecule has 3 aromatic heterocycles. The Bertz CT molecular complexity index is 5270. The lowest BCUT2D eigenvalue weighted by Crippen LogP contribution is -2.43. The van der Waals surface area contributed by atoms with Crippen LogP contribution < -0.4 is 15.1 Å². The van der Waals surface area contributed by atoms with Gasteiger partial charge in [-0.25, -0.2) is 13.2 Å². The van der Waals surface area contributed by atoms with Crippen molar-refractivity contribution in [3.63, 3.8) is 0 Å². The summed E-state index contributed by atoms with van der Waals surface area (Å²) >= 11 is 41.8. The topological polar surface area (TPSA) is 265 Å². The maximum Gasteiger partial charge on any atom is 0.306 e. The molecule has 9 fully saturated rings. The number of aromatic nitrogens is 3. The van der Waals surface area contributed by atoms with Crippen molar-refractivity contribution in [2.45, 2.75) is 203 Å². The first-order valence-corrected chi connectivity index (χ1v) is 43.1. The molecule has 0 unspecified atom stereocenters. The number of carbonyl (C=O) groups excluding carboxylic acids is 5. The maximum atomic E-state index is 14.9. The first-order valence-electron chi connectivity index (χ1n) is 40.1. The number of aryl methyl sites for hydroxylation is 3. The molecule has 2 N–H and O–H groups in total. The fourth-order valence-electron chi connectivity index (χ4n) is 16.9. The number of fused-ring (bicyclic) bond motifs is 6. The number of benzene rings is 6. The molecule has 0 spiro atoms. The lowest BCUT2D eigenvalue weighted by molar-refractivity contribution is -0.144. The minimum absolute atomic E-state index is 0.0448. The fraction of sp³-hybridized carbons (Fsp3) is 0.420. The molecule has 31 heteroatoms. The van der Waals surface area contributed by atoms with Gasteiger partial charge >= 0.3 is 17.9 Å². The Morgan fingerprint density at radius 1 is 0.479 bits per heavy atom. The first-order chi connectivity index (χ1) is 57.4. The summed E-state index contributed by atoms with van der Waals surface area (Å²) in [6.07, 6.45) is 10.9. The molecule has 9 aliphatic rings. The zero-order valence-corrected chi connectivity index (χ0v) is 70.9. The van der Waals surface area contributed by atoms with Gasteiger partial charge in [0, 0.05) is 104 Å². The zero-order valence-electron chi connectivity index (χ0n) is 64.8. The van der Waals surface area contributed by atoms with Crippen molar-refractivity contribution in [1.29, 1.82) is 0 Å². The standard InChI is InChI=1S/C30H29Cl2FN2O5.C28H25Cl2FN2O5.C19H18Cl2N2O3.C11H12BrFO2/c1-2-38-26(36)11-9-16-8-10-18(13-24(16)33)35-19-12-20(30(35)37)25(14-19)39-15-21-28(34-40-29(21)17-6-7-17)27-22(31)4-3-5-23(27)32;29-20-2-1-3-21(30)25(20)26-19(27(38-32-26)15-4-5-15)13-37-23-12-17-10-18(23)28(36)33(17)16-8-6-14(22(31)11-16)7-9-24(34)35;20-13-2-1-3-14(21)16(13)17-12(18(26-23-17)9-4-5-9)8-25-15-7-10-6-11(15)19(24)22-10;1-2-15-11(14)6-4-8-3-5-9(12)7-10(8)13/h3-5,8,10,13,17,19-20,25H,2,6-7,9,11-12,14-15H2,1H3;1-3,6,8,11,15,17-18,23H,4-5,7,9-10,12-13H2,(H,34,35);1-3,9-11,15H,4-8H2,(H,22,24);3,5,7H,2,4,6H2,1H3/t19-,20+,25+;17-,18+,23+;10-,11+,15+;/m000./s1. The summed E-state index contributed by atoms with van der Waals surface area (Å²) in [5.74, 6) is -0.185. The van der Waals surface area contributed by atoms with Gasteiger partial charge in [-0.3, -0.25) is 28.8 Å². The number of ether oxygens (including phenoxy) is 5. The van der Waals surface area contributed by atoms with Crippen LogP contribution in [-0.2, 0) is 91.5 Å². The fourth-order valence-corrected chi connectivity index (χ4v) is 19.0. The van der Waals surface area contributed by atoms with E-state index in [-0.39, 0.29) is 135 Å². The largest absolute Gasteiger partial charge is 0.481 e. The molecule has 21 nitrogen and oxygen atoms in total. The number of anilines is 2. The van der Waals surface area contributed by atoms with E-state index in [2.05, 4.69) is 36.7 Å². The normalized spacial score (nSPS) is 21.7. The van der Waals surface area contributed by atoms with Crippen LogP contribution in [0.4, 0.5) is 24.5 Å². The van der Waals surface area contributed by atoms with E-state index < -0.39 is 17.6 Å².